The van der Waals surface area contributed by atoms with Gasteiger partial charge in [-0.2, -0.15) is 0 Å². The average molecular weight is 987 g/mol. The Morgan fingerprint density at radius 2 is 1.62 bits per heavy atom. The number of aromatic nitrogens is 1. The first-order chi connectivity index (χ1) is 35.3. The van der Waals surface area contributed by atoms with Gasteiger partial charge in [0.25, 0.3) is 0 Å². The molecular weight excluding hydrogens is 917 g/mol. The number of aliphatic hydroxyl groups is 1. The van der Waals surface area contributed by atoms with Gasteiger partial charge in [0.15, 0.2) is 23.0 Å². The van der Waals surface area contributed by atoms with Gasteiger partial charge in [0, 0.05) is 40.8 Å². The normalized spacial score (nSPS) is 27.7. The molecule has 1 aromatic heterocycles. The van der Waals surface area contributed by atoms with Gasteiger partial charge in [-0.05, 0) is 187 Å². The van der Waals surface area contributed by atoms with Crippen LogP contribution in [0.1, 0.15) is 128 Å². The second-order valence-corrected chi connectivity index (χ2v) is 22.6. The zero-order chi connectivity index (χ0) is 50.7. The van der Waals surface area contributed by atoms with E-state index in [0.29, 0.717) is 43.1 Å². The molecule has 9 N–H and O–H groups in total. The summed E-state index contributed by atoms with van der Waals surface area (Å²) in [6.45, 7) is 4.56. The molecule has 11 unspecified atom stereocenters. The van der Waals surface area contributed by atoms with Crippen molar-refractivity contribution in [3.63, 3.8) is 0 Å². The van der Waals surface area contributed by atoms with E-state index in [0.717, 1.165) is 60.8 Å². The number of aryl methyl sites for hydroxylation is 1. The van der Waals surface area contributed by atoms with E-state index >= 15 is 4.79 Å². The van der Waals surface area contributed by atoms with Crippen LogP contribution in [0.3, 0.4) is 0 Å². The number of Topliss-reactive ketones (excluding diaryl/α,β-unsaturated/α-hetero) is 1. The van der Waals surface area contributed by atoms with E-state index in [2.05, 4.69) is 55.4 Å². The van der Waals surface area contributed by atoms with Crippen LogP contribution in [0.15, 0.2) is 109 Å². The smallest absolute Gasteiger partial charge is 0.200 e. The quantitative estimate of drug-likeness (QED) is 0.0362. The molecular formula is C62H70N2O9. The first-order valence-electron chi connectivity index (χ1n) is 26.7. The minimum Gasteiger partial charge on any atom is -0.508 e. The standard InChI is InChI=1S/C62H70N2O9/c1-34(2)12-17-38-8-6-23-62(48-11-4-3-10-43(48)58-44(57(38)62)22-24-64-58)49-30-40-29-45-39(25-35-13-18-41(65)19-14-35)28-46(50(67)20-15-36-16-21-51(68)53(27-36)73-33-63)59(70)56(45)55(49)47-31-52(69)60(71)61(54(40)47)72-32-37-7-5-9-42(66)26-37/h3-5,7,9-11,13-14,16,18-19,21-22,24,26-27,31,34,38-40,45-46,49,55-57,59,64-66,68-71H,6,8,12,15,17,20,23,25,28-30,32-33,63H2,1-2H3. The fraction of sp³-hybridized carbons (Fsp3) is 0.435. The number of ketones is 1. The van der Waals surface area contributed by atoms with Gasteiger partial charge in [-0.1, -0.05) is 81.3 Å². The lowest BCUT2D eigenvalue weighted by Gasteiger charge is -2.60. The fourth-order valence-corrected chi connectivity index (χ4v) is 15.5. The number of carbonyl (C=O) groups excluding carboxylic acids is 1. The van der Waals surface area contributed by atoms with Crippen molar-refractivity contribution in [2.75, 3.05) is 6.73 Å². The van der Waals surface area contributed by atoms with Crippen molar-refractivity contribution in [1.82, 2.24) is 4.98 Å². The Labute approximate surface area is 428 Å². The van der Waals surface area contributed by atoms with Gasteiger partial charge in [0.05, 0.1) is 6.10 Å². The van der Waals surface area contributed by atoms with Gasteiger partial charge in [0.1, 0.15) is 30.6 Å². The number of carbonyl (C=O) groups is 1. The summed E-state index contributed by atoms with van der Waals surface area (Å²) < 4.78 is 12.2. The van der Waals surface area contributed by atoms with Crippen LogP contribution in [-0.2, 0) is 29.7 Å². The molecule has 3 fully saturated rings. The molecule has 6 aromatic rings. The van der Waals surface area contributed by atoms with Crippen molar-refractivity contribution in [1.29, 1.82) is 0 Å². The number of phenolic OH excluding ortho intramolecular Hbond substituents is 5. The number of aromatic amines is 1. The van der Waals surface area contributed by atoms with E-state index in [9.17, 15) is 30.6 Å². The second kappa shape index (κ2) is 19.8. The van der Waals surface area contributed by atoms with E-state index in [1.54, 1.807) is 54.6 Å². The number of aliphatic hydroxyl groups excluding tert-OH is 1. The molecule has 0 spiro atoms. The van der Waals surface area contributed by atoms with Crippen LogP contribution < -0.4 is 15.2 Å². The van der Waals surface area contributed by atoms with Crippen LogP contribution in [0.5, 0.6) is 40.2 Å². The third kappa shape index (κ3) is 8.70. The van der Waals surface area contributed by atoms with Gasteiger partial charge < -0.3 is 45.1 Å². The van der Waals surface area contributed by atoms with Crippen LogP contribution in [0.4, 0.5) is 0 Å². The summed E-state index contributed by atoms with van der Waals surface area (Å²) in [5.74, 6) is -0.613. The summed E-state index contributed by atoms with van der Waals surface area (Å²) in [6, 6.07) is 32.3. The molecule has 382 valence electrons. The lowest BCUT2D eigenvalue weighted by Crippen LogP contribution is -2.55. The maximum absolute atomic E-state index is 15.2. The zero-order valence-corrected chi connectivity index (χ0v) is 41.9. The molecule has 5 aromatic carbocycles. The van der Waals surface area contributed by atoms with Crippen molar-refractivity contribution in [2.24, 2.45) is 47.2 Å². The Morgan fingerprint density at radius 3 is 2.41 bits per heavy atom. The molecule has 12 rings (SSSR count). The van der Waals surface area contributed by atoms with E-state index < -0.39 is 17.9 Å². The molecule has 6 aliphatic rings. The lowest BCUT2D eigenvalue weighted by atomic mass is 9.43. The molecule has 2 bridgehead atoms. The van der Waals surface area contributed by atoms with Crippen molar-refractivity contribution in [3.8, 4) is 51.5 Å². The molecule has 6 aliphatic carbocycles. The van der Waals surface area contributed by atoms with E-state index in [1.807, 2.05) is 18.2 Å². The highest BCUT2D eigenvalue weighted by atomic mass is 16.5. The van der Waals surface area contributed by atoms with Gasteiger partial charge in [-0.15, -0.1) is 0 Å². The van der Waals surface area contributed by atoms with E-state index in [-0.39, 0.29) is 107 Å². The zero-order valence-electron chi connectivity index (χ0n) is 41.9. The largest absolute Gasteiger partial charge is 0.508 e. The molecule has 11 heteroatoms. The van der Waals surface area contributed by atoms with Crippen molar-refractivity contribution < 1.29 is 44.9 Å². The van der Waals surface area contributed by atoms with Crippen LogP contribution in [0, 0.1) is 41.4 Å². The van der Waals surface area contributed by atoms with E-state index in [4.69, 9.17) is 15.2 Å². The van der Waals surface area contributed by atoms with Crippen molar-refractivity contribution in [3.05, 3.63) is 148 Å². The number of benzene rings is 5. The fourth-order valence-electron chi connectivity index (χ4n) is 15.5. The van der Waals surface area contributed by atoms with Gasteiger partial charge in [0.2, 0.25) is 5.75 Å². The minimum absolute atomic E-state index is 0.0299. The highest BCUT2D eigenvalue weighted by molar-refractivity contribution is 5.82. The first kappa shape index (κ1) is 48.8. The predicted octanol–water partition coefficient (Wildman–Crippen LogP) is 11.6. The predicted molar refractivity (Wildman–Crippen MR) is 280 cm³/mol. The van der Waals surface area contributed by atoms with Gasteiger partial charge in [-0.3, -0.25) is 10.5 Å². The number of nitrogens with two attached hydrogens (primary N) is 1. The molecule has 0 saturated heterocycles. The Balaban J connectivity index is 1.09. The molecule has 3 saturated carbocycles. The molecule has 0 aliphatic heterocycles. The molecule has 11 atom stereocenters. The van der Waals surface area contributed by atoms with E-state index in [1.165, 1.54) is 22.4 Å². The lowest BCUT2D eigenvalue weighted by molar-refractivity contribution is -0.136. The number of phenols is 5. The summed E-state index contributed by atoms with van der Waals surface area (Å²) in [6.07, 6.45) is 9.45. The summed E-state index contributed by atoms with van der Waals surface area (Å²) in [5.41, 5.74) is 14.6. The summed E-state index contributed by atoms with van der Waals surface area (Å²) in [5, 5.41) is 68.9. The van der Waals surface area contributed by atoms with Crippen molar-refractivity contribution >= 4 is 5.78 Å². The third-order valence-electron chi connectivity index (χ3n) is 18.3. The first-order valence-corrected chi connectivity index (χ1v) is 26.7. The summed E-state index contributed by atoms with van der Waals surface area (Å²) >= 11 is 0. The molecule has 0 radical (unpaired) electrons. The van der Waals surface area contributed by atoms with Crippen molar-refractivity contribution in [2.45, 2.75) is 120 Å². The SMILES string of the molecule is CC(C)CCC1CCCC2(C3CC4CC5C(Cc6ccc(O)cc6)CC(C(=O)CCc6ccc(O)c(OCN)c6)C(O)C5C3c3cc(O)c(O)c(OCc5cccc(O)c5)c34)c3ccccc3-c3[nH]ccc3C12. The minimum atomic E-state index is -1.04. The van der Waals surface area contributed by atoms with Gasteiger partial charge >= 0.3 is 0 Å². The summed E-state index contributed by atoms with van der Waals surface area (Å²) in [7, 11) is 0. The Hall–Kier alpha value is -6.43. The Morgan fingerprint density at radius 1 is 0.808 bits per heavy atom. The van der Waals surface area contributed by atoms with Gasteiger partial charge in [-0.25, -0.2) is 0 Å². The third-order valence-corrected chi connectivity index (χ3v) is 18.3. The molecule has 0 amide bonds. The molecule has 73 heavy (non-hydrogen) atoms. The second-order valence-electron chi connectivity index (χ2n) is 22.6. The number of ether oxygens (including phenoxy) is 2. The topological polar surface area (TPSA) is 199 Å². The highest BCUT2D eigenvalue weighted by Gasteiger charge is 2.64. The summed E-state index contributed by atoms with van der Waals surface area (Å²) in [4.78, 5) is 18.8. The number of rotatable bonds is 15. The number of hydrogen-bond acceptors (Lipinski definition) is 10. The molecule has 1 heterocycles. The van der Waals surface area contributed by atoms with Crippen LogP contribution in [0.25, 0.3) is 11.3 Å². The Kier molecular flexibility index (Phi) is 13.2. The van der Waals surface area contributed by atoms with Crippen LogP contribution in [-0.4, -0.2) is 54.2 Å². The van der Waals surface area contributed by atoms with Crippen LogP contribution >= 0.6 is 0 Å². The maximum atomic E-state index is 15.2. The number of H-pyrrole nitrogens is 1. The molecule has 11 nitrogen and oxygen atoms in total. The number of nitrogens with one attached hydrogen (secondary N) is 1. The number of fused-ring (bicyclic) bond motifs is 8. The Bertz CT molecular complexity index is 2980. The average Bonchev–Trinajstić information content (AvgIpc) is 3.75. The van der Waals surface area contributed by atoms with Crippen LogP contribution in [0.2, 0.25) is 0 Å². The maximum Gasteiger partial charge on any atom is 0.200 e. The number of hydrogen-bond donors (Lipinski definition) is 8. The highest BCUT2D eigenvalue weighted by Crippen LogP contribution is 2.72. The number of aromatic hydroxyl groups is 5. The monoisotopic (exact) mass is 987 g/mol.